The van der Waals surface area contributed by atoms with E-state index in [2.05, 4.69) is 46.3 Å². The van der Waals surface area contributed by atoms with Gasteiger partial charge in [0.15, 0.2) is 5.96 Å². The molecular weight excluding hydrogens is 268 g/mol. The van der Waals surface area contributed by atoms with Gasteiger partial charge in [0.2, 0.25) is 0 Å². The second-order valence-corrected chi connectivity index (χ2v) is 6.77. The van der Waals surface area contributed by atoms with Gasteiger partial charge < -0.3 is 10.2 Å². The molecule has 1 atom stereocenters. The molecule has 0 bridgehead atoms. The number of thiazole rings is 1. The van der Waals surface area contributed by atoms with E-state index < -0.39 is 0 Å². The predicted molar refractivity (Wildman–Crippen MR) is 86.3 cm³/mol. The Morgan fingerprint density at radius 2 is 2.35 bits per heavy atom. The Bertz CT molecular complexity index is 468. The molecule has 1 aromatic rings. The molecule has 4 nitrogen and oxygen atoms in total. The van der Waals surface area contributed by atoms with E-state index in [0.29, 0.717) is 5.41 Å². The fourth-order valence-corrected chi connectivity index (χ4v) is 3.33. The lowest BCUT2D eigenvalue weighted by molar-refractivity contribution is 0.322. The minimum absolute atomic E-state index is 0.438. The summed E-state index contributed by atoms with van der Waals surface area (Å²) in [4.78, 5) is 11.4. The summed E-state index contributed by atoms with van der Waals surface area (Å²) in [7, 11) is 1.86. The maximum absolute atomic E-state index is 4.59. The molecule has 1 aliphatic heterocycles. The first-order valence-corrected chi connectivity index (χ1v) is 8.37. The maximum Gasteiger partial charge on any atom is 0.193 e. The van der Waals surface area contributed by atoms with Gasteiger partial charge in [0.25, 0.3) is 0 Å². The smallest absolute Gasteiger partial charge is 0.193 e. The van der Waals surface area contributed by atoms with Gasteiger partial charge >= 0.3 is 0 Å². The minimum Gasteiger partial charge on any atom is -0.351 e. The fraction of sp³-hybridized carbons (Fsp3) is 0.733. The molecule has 0 amide bonds. The zero-order valence-corrected chi connectivity index (χ0v) is 13.9. The molecule has 2 heterocycles. The third-order valence-corrected chi connectivity index (χ3v) is 5.29. The Kier molecular flexibility index (Phi) is 5.02. The van der Waals surface area contributed by atoms with Gasteiger partial charge in [-0.3, -0.25) is 4.99 Å². The molecule has 1 aromatic heterocycles. The molecule has 0 aliphatic carbocycles. The second-order valence-electron chi connectivity index (χ2n) is 5.82. The molecule has 112 valence electrons. The van der Waals surface area contributed by atoms with Crippen LogP contribution in [0.25, 0.3) is 0 Å². The number of aromatic nitrogens is 1. The molecule has 1 N–H and O–H groups in total. The molecule has 0 radical (unpaired) electrons. The Morgan fingerprint density at radius 1 is 1.55 bits per heavy atom. The topological polar surface area (TPSA) is 40.5 Å². The zero-order chi connectivity index (χ0) is 14.6. The van der Waals surface area contributed by atoms with Crippen LogP contribution in [0.5, 0.6) is 0 Å². The summed E-state index contributed by atoms with van der Waals surface area (Å²) in [5, 5.41) is 6.79. The van der Waals surface area contributed by atoms with Crippen LogP contribution in [0.15, 0.2) is 10.4 Å². The number of aryl methyl sites for hydroxylation is 1. The van der Waals surface area contributed by atoms with Crippen LogP contribution in [0.4, 0.5) is 0 Å². The van der Waals surface area contributed by atoms with Crippen LogP contribution in [-0.4, -0.2) is 36.0 Å². The molecule has 0 saturated carbocycles. The van der Waals surface area contributed by atoms with Crippen molar-refractivity contribution < 1.29 is 0 Å². The number of hydrogen-bond donors (Lipinski definition) is 1. The number of hydrogen-bond acceptors (Lipinski definition) is 3. The Morgan fingerprint density at radius 3 is 2.90 bits per heavy atom. The quantitative estimate of drug-likeness (QED) is 0.685. The highest BCUT2D eigenvalue weighted by molar-refractivity contribution is 7.09. The summed E-state index contributed by atoms with van der Waals surface area (Å²) >= 11 is 1.74. The van der Waals surface area contributed by atoms with Gasteiger partial charge in [-0.15, -0.1) is 11.3 Å². The molecule has 1 saturated heterocycles. The standard InChI is InChI=1S/C15H26N4S/c1-5-13-18-12(10-20-13)9-17-14(16-4)19-8-7-15(3,6-2)11-19/h10H,5-9,11H2,1-4H3,(H,16,17). The van der Waals surface area contributed by atoms with Crippen molar-refractivity contribution in [2.75, 3.05) is 20.1 Å². The molecule has 20 heavy (non-hydrogen) atoms. The van der Waals surface area contributed by atoms with Crippen molar-refractivity contribution in [3.8, 4) is 0 Å². The van der Waals surface area contributed by atoms with Crippen molar-refractivity contribution in [2.24, 2.45) is 10.4 Å². The lowest BCUT2D eigenvalue weighted by Gasteiger charge is -2.25. The Hall–Kier alpha value is -1.10. The lowest BCUT2D eigenvalue weighted by Crippen LogP contribution is -2.40. The molecule has 5 heteroatoms. The van der Waals surface area contributed by atoms with Crippen LogP contribution in [0.3, 0.4) is 0 Å². The van der Waals surface area contributed by atoms with Crippen LogP contribution in [0, 0.1) is 5.41 Å². The maximum atomic E-state index is 4.59. The van der Waals surface area contributed by atoms with Crippen molar-refractivity contribution in [3.05, 3.63) is 16.1 Å². The first-order valence-electron chi connectivity index (χ1n) is 7.49. The Balaban J connectivity index is 1.90. The highest BCUT2D eigenvalue weighted by Gasteiger charge is 2.33. The number of guanidine groups is 1. The summed E-state index contributed by atoms with van der Waals surface area (Å²) in [6.45, 7) is 9.75. The summed E-state index contributed by atoms with van der Waals surface area (Å²) in [5.74, 6) is 1.01. The molecule has 2 rings (SSSR count). The lowest BCUT2D eigenvalue weighted by atomic mass is 9.87. The number of likely N-dealkylation sites (tertiary alicyclic amines) is 1. The van der Waals surface area contributed by atoms with Crippen LogP contribution < -0.4 is 5.32 Å². The third kappa shape index (κ3) is 3.51. The average Bonchev–Trinajstić information content (AvgIpc) is 3.07. The van der Waals surface area contributed by atoms with E-state index in [1.165, 1.54) is 17.8 Å². The second kappa shape index (κ2) is 6.57. The summed E-state index contributed by atoms with van der Waals surface area (Å²) in [5.41, 5.74) is 1.55. The van der Waals surface area contributed by atoms with E-state index in [-0.39, 0.29) is 0 Å². The monoisotopic (exact) mass is 294 g/mol. The van der Waals surface area contributed by atoms with Gasteiger partial charge in [0, 0.05) is 25.5 Å². The van der Waals surface area contributed by atoms with Gasteiger partial charge in [-0.25, -0.2) is 4.98 Å². The molecule has 1 unspecified atom stereocenters. The SMILES string of the molecule is CCc1nc(CNC(=NC)N2CCC(C)(CC)C2)cs1. The van der Waals surface area contributed by atoms with Crippen LogP contribution in [-0.2, 0) is 13.0 Å². The highest BCUT2D eigenvalue weighted by atomic mass is 32.1. The first kappa shape index (κ1) is 15.3. The van der Waals surface area contributed by atoms with Crippen LogP contribution >= 0.6 is 11.3 Å². The summed E-state index contributed by atoms with van der Waals surface area (Å²) < 4.78 is 0. The zero-order valence-electron chi connectivity index (χ0n) is 13.1. The normalized spacial score (nSPS) is 23.4. The van der Waals surface area contributed by atoms with Crippen molar-refractivity contribution in [2.45, 2.75) is 46.6 Å². The number of nitrogens with one attached hydrogen (secondary N) is 1. The molecule has 1 aliphatic rings. The van der Waals surface area contributed by atoms with Crippen LogP contribution in [0.2, 0.25) is 0 Å². The van der Waals surface area contributed by atoms with Crippen molar-refractivity contribution in [1.29, 1.82) is 0 Å². The van der Waals surface area contributed by atoms with Gasteiger partial charge in [-0.05, 0) is 24.7 Å². The van der Waals surface area contributed by atoms with Gasteiger partial charge in [-0.2, -0.15) is 0 Å². The average molecular weight is 294 g/mol. The van der Waals surface area contributed by atoms with E-state index in [1.54, 1.807) is 11.3 Å². The predicted octanol–water partition coefficient (Wildman–Crippen LogP) is 2.90. The van der Waals surface area contributed by atoms with E-state index in [4.69, 9.17) is 0 Å². The summed E-state index contributed by atoms with van der Waals surface area (Å²) in [6, 6.07) is 0. The molecular formula is C15H26N4S. The molecule has 1 fully saturated rings. The number of nitrogens with zero attached hydrogens (tertiary/aromatic N) is 3. The third-order valence-electron chi connectivity index (χ3n) is 4.25. The summed E-state index contributed by atoms with van der Waals surface area (Å²) in [6.07, 6.45) is 3.49. The fourth-order valence-electron chi connectivity index (χ4n) is 2.59. The van der Waals surface area contributed by atoms with Gasteiger partial charge in [0.1, 0.15) is 0 Å². The van der Waals surface area contributed by atoms with Crippen LogP contribution in [0.1, 0.15) is 44.3 Å². The van der Waals surface area contributed by atoms with Gasteiger partial charge in [0.05, 0.1) is 17.2 Å². The van der Waals surface area contributed by atoms with E-state index >= 15 is 0 Å². The highest BCUT2D eigenvalue weighted by Crippen LogP contribution is 2.32. The number of rotatable bonds is 4. The van der Waals surface area contributed by atoms with Gasteiger partial charge in [-0.1, -0.05) is 20.8 Å². The number of aliphatic imine (C=N–C) groups is 1. The van der Waals surface area contributed by atoms with Crippen molar-refractivity contribution >= 4 is 17.3 Å². The molecule has 0 spiro atoms. The van der Waals surface area contributed by atoms with E-state index in [1.807, 2.05) is 7.05 Å². The first-order chi connectivity index (χ1) is 9.60. The largest absolute Gasteiger partial charge is 0.351 e. The minimum atomic E-state index is 0.438. The molecule has 0 aromatic carbocycles. The van der Waals surface area contributed by atoms with E-state index in [0.717, 1.165) is 37.7 Å². The van der Waals surface area contributed by atoms with Crippen molar-refractivity contribution in [3.63, 3.8) is 0 Å². The van der Waals surface area contributed by atoms with Crippen molar-refractivity contribution in [1.82, 2.24) is 15.2 Å². The Labute approximate surface area is 126 Å². The van der Waals surface area contributed by atoms with E-state index in [9.17, 15) is 0 Å².